The minimum absolute atomic E-state index is 0.000324. The van der Waals surface area contributed by atoms with Gasteiger partial charge >= 0.3 is 0 Å². The Bertz CT molecular complexity index is 983. The molecule has 0 spiro atoms. The summed E-state index contributed by atoms with van der Waals surface area (Å²) in [5.74, 6) is 1.39. The predicted molar refractivity (Wildman–Crippen MR) is 95.4 cm³/mol. The van der Waals surface area contributed by atoms with Crippen molar-refractivity contribution >= 4 is 21.8 Å². The highest BCUT2D eigenvalue weighted by Crippen LogP contribution is 2.38. The van der Waals surface area contributed by atoms with Crippen LogP contribution in [0.25, 0.3) is 21.8 Å². The number of methoxy groups -OCH3 is 2. The van der Waals surface area contributed by atoms with Crippen LogP contribution in [-0.2, 0) is 6.54 Å². The fraction of sp³-hybridized carbons (Fsp3) is 0.444. The van der Waals surface area contributed by atoms with Gasteiger partial charge in [-0.05, 0) is 27.7 Å². The van der Waals surface area contributed by atoms with Crippen LogP contribution in [0.15, 0.2) is 16.9 Å². The second-order valence-electron chi connectivity index (χ2n) is 6.12. The first-order valence-corrected chi connectivity index (χ1v) is 8.11. The average Bonchev–Trinajstić information content (AvgIpc) is 2.91. The number of hydrogen-bond acceptors (Lipinski definition) is 4. The molecule has 0 saturated carbocycles. The molecule has 0 aliphatic carbocycles. The summed E-state index contributed by atoms with van der Waals surface area (Å²) in [6, 6.07) is 3.79. The first kappa shape index (κ1) is 16.4. The van der Waals surface area contributed by atoms with E-state index in [0.29, 0.717) is 23.6 Å². The lowest BCUT2D eigenvalue weighted by atomic mass is 10.1. The highest BCUT2D eigenvalue weighted by Gasteiger charge is 2.22. The molecule has 0 aliphatic heterocycles. The van der Waals surface area contributed by atoms with Crippen molar-refractivity contribution in [2.45, 2.75) is 40.3 Å². The van der Waals surface area contributed by atoms with Crippen LogP contribution in [0.5, 0.6) is 11.5 Å². The Morgan fingerprint density at radius 3 is 2.42 bits per heavy atom. The Kier molecular flexibility index (Phi) is 3.99. The monoisotopic (exact) mass is 329 g/mol. The molecule has 0 atom stereocenters. The van der Waals surface area contributed by atoms with Crippen LogP contribution in [-0.4, -0.2) is 28.6 Å². The van der Waals surface area contributed by atoms with Crippen molar-refractivity contribution in [2.24, 2.45) is 0 Å². The van der Waals surface area contributed by atoms with E-state index in [4.69, 9.17) is 9.47 Å². The number of rotatable bonds is 4. The standard InChI is InChI=1S/C18H23N3O3/c1-7-20-13-8-12(23-5)9-14(24-6)16(13)15-11(4)19-21(10(2)3)18(22)17(15)20/h8-10H,7H2,1-6H3. The number of ether oxygens (including phenoxy) is 2. The van der Waals surface area contributed by atoms with Crippen molar-refractivity contribution in [1.82, 2.24) is 14.3 Å². The zero-order valence-electron chi connectivity index (χ0n) is 15.0. The Morgan fingerprint density at radius 1 is 1.17 bits per heavy atom. The van der Waals surface area contributed by atoms with Gasteiger partial charge in [0.25, 0.3) is 5.56 Å². The lowest BCUT2D eigenvalue weighted by molar-refractivity contribution is 0.398. The van der Waals surface area contributed by atoms with Crippen molar-refractivity contribution in [3.63, 3.8) is 0 Å². The summed E-state index contributed by atoms with van der Waals surface area (Å²) in [4.78, 5) is 13.0. The maximum absolute atomic E-state index is 13.0. The van der Waals surface area contributed by atoms with E-state index in [1.165, 1.54) is 0 Å². The quantitative estimate of drug-likeness (QED) is 0.737. The Labute approximate surface area is 140 Å². The zero-order chi connectivity index (χ0) is 17.6. The number of benzene rings is 1. The molecule has 3 rings (SSSR count). The molecule has 0 saturated heterocycles. The van der Waals surface area contributed by atoms with Gasteiger partial charge in [0.05, 0.1) is 36.9 Å². The second kappa shape index (κ2) is 5.85. The maximum atomic E-state index is 13.0. The van der Waals surface area contributed by atoms with Gasteiger partial charge in [0.15, 0.2) is 0 Å². The largest absolute Gasteiger partial charge is 0.497 e. The van der Waals surface area contributed by atoms with Crippen LogP contribution < -0.4 is 15.0 Å². The van der Waals surface area contributed by atoms with Crippen LogP contribution in [0.1, 0.15) is 32.5 Å². The van der Waals surface area contributed by atoms with E-state index >= 15 is 0 Å². The van der Waals surface area contributed by atoms with Gasteiger partial charge in [0.1, 0.15) is 17.0 Å². The lowest BCUT2D eigenvalue weighted by Crippen LogP contribution is -2.27. The minimum Gasteiger partial charge on any atom is -0.497 e. The molecule has 24 heavy (non-hydrogen) atoms. The first-order chi connectivity index (χ1) is 11.4. The summed E-state index contributed by atoms with van der Waals surface area (Å²) in [7, 11) is 3.25. The smallest absolute Gasteiger partial charge is 0.291 e. The van der Waals surface area contributed by atoms with Crippen molar-refractivity contribution in [1.29, 1.82) is 0 Å². The second-order valence-corrected chi connectivity index (χ2v) is 6.12. The fourth-order valence-electron chi connectivity index (χ4n) is 3.31. The third-order valence-corrected chi connectivity index (χ3v) is 4.39. The summed E-state index contributed by atoms with van der Waals surface area (Å²) in [6.45, 7) is 8.56. The van der Waals surface area contributed by atoms with Crippen LogP contribution in [0.3, 0.4) is 0 Å². The van der Waals surface area contributed by atoms with Crippen LogP contribution in [0.2, 0.25) is 0 Å². The maximum Gasteiger partial charge on any atom is 0.291 e. The molecular weight excluding hydrogens is 306 g/mol. The number of nitrogens with zero attached hydrogens (tertiary/aromatic N) is 3. The van der Waals surface area contributed by atoms with E-state index in [1.807, 2.05) is 44.4 Å². The van der Waals surface area contributed by atoms with Crippen LogP contribution in [0, 0.1) is 6.92 Å². The van der Waals surface area contributed by atoms with Gasteiger partial charge in [-0.2, -0.15) is 5.10 Å². The third-order valence-electron chi connectivity index (χ3n) is 4.39. The minimum atomic E-state index is -0.0790. The van der Waals surface area contributed by atoms with Crippen LogP contribution >= 0.6 is 0 Å². The number of aromatic nitrogens is 3. The highest BCUT2D eigenvalue weighted by atomic mass is 16.5. The number of fused-ring (bicyclic) bond motifs is 3. The van der Waals surface area contributed by atoms with Crippen molar-refractivity contribution in [3.8, 4) is 11.5 Å². The SMILES string of the molecule is CCn1c2cc(OC)cc(OC)c2c2c(C)nn(C(C)C)c(=O)c21. The molecule has 0 unspecified atom stereocenters. The summed E-state index contributed by atoms with van der Waals surface area (Å²) in [5, 5.41) is 6.29. The molecule has 0 N–H and O–H groups in total. The molecule has 3 aromatic rings. The van der Waals surface area contributed by atoms with Crippen LogP contribution in [0.4, 0.5) is 0 Å². The summed E-state index contributed by atoms with van der Waals surface area (Å²) < 4.78 is 14.5. The molecule has 6 heteroatoms. The first-order valence-electron chi connectivity index (χ1n) is 8.11. The summed E-state index contributed by atoms with van der Waals surface area (Å²) >= 11 is 0. The van der Waals surface area contributed by atoms with Gasteiger partial charge in [0, 0.05) is 24.1 Å². The van der Waals surface area contributed by atoms with E-state index in [1.54, 1.807) is 18.9 Å². The molecule has 0 amide bonds. The van der Waals surface area contributed by atoms with Crippen molar-refractivity contribution in [2.75, 3.05) is 14.2 Å². The molecule has 0 aliphatic rings. The molecule has 0 bridgehead atoms. The van der Waals surface area contributed by atoms with E-state index < -0.39 is 0 Å². The normalized spacial score (nSPS) is 11.6. The third kappa shape index (κ3) is 2.17. The van der Waals surface area contributed by atoms with E-state index in [9.17, 15) is 4.79 Å². The van der Waals surface area contributed by atoms with Gasteiger partial charge in [-0.3, -0.25) is 4.79 Å². The van der Waals surface area contributed by atoms with E-state index in [2.05, 4.69) is 5.10 Å². The Hall–Kier alpha value is -2.50. The van der Waals surface area contributed by atoms with Gasteiger partial charge in [-0.25, -0.2) is 4.68 Å². The molecular formula is C18H23N3O3. The van der Waals surface area contributed by atoms with E-state index in [0.717, 1.165) is 22.0 Å². The number of aryl methyl sites for hydroxylation is 2. The molecule has 0 fully saturated rings. The van der Waals surface area contributed by atoms with Crippen molar-refractivity contribution < 1.29 is 9.47 Å². The average molecular weight is 329 g/mol. The van der Waals surface area contributed by atoms with E-state index in [-0.39, 0.29) is 11.6 Å². The molecule has 128 valence electrons. The topological polar surface area (TPSA) is 58.3 Å². The molecule has 2 aromatic heterocycles. The highest BCUT2D eigenvalue weighted by molar-refractivity contribution is 6.12. The molecule has 0 radical (unpaired) electrons. The molecule has 6 nitrogen and oxygen atoms in total. The lowest BCUT2D eigenvalue weighted by Gasteiger charge is -2.11. The van der Waals surface area contributed by atoms with Crippen molar-refractivity contribution in [3.05, 3.63) is 28.2 Å². The summed E-state index contributed by atoms with van der Waals surface area (Å²) in [5.41, 5.74) is 2.33. The zero-order valence-corrected chi connectivity index (χ0v) is 15.0. The Balaban J connectivity index is 2.63. The van der Waals surface area contributed by atoms with Gasteiger partial charge < -0.3 is 14.0 Å². The molecule has 2 heterocycles. The van der Waals surface area contributed by atoms with Gasteiger partial charge in [-0.15, -0.1) is 0 Å². The predicted octanol–water partition coefficient (Wildman–Crippen LogP) is 3.28. The molecule has 1 aromatic carbocycles. The fourth-order valence-corrected chi connectivity index (χ4v) is 3.31. The number of hydrogen-bond donors (Lipinski definition) is 0. The van der Waals surface area contributed by atoms with Gasteiger partial charge in [-0.1, -0.05) is 0 Å². The van der Waals surface area contributed by atoms with Gasteiger partial charge in [0.2, 0.25) is 0 Å². The summed E-state index contributed by atoms with van der Waals surface area (Å²) in [6.07, 6.45) is 0. The Morgan fingerprint density at radius 2 is 1.88 bits per heavy atom.